The third-order valence-electron chi connectivity index (χ3n) is 3.39. The van der Waals surface area contributed by atoms with Gasteiger partial charge < -0.3 is 5.73 Å². The van der Waals surface area contributed by atoms with Crippen LogP contribution >= 0.6 is 0 Å². The fourth-order valence-corrected chi connectivity index (χ4v) is 2.37. The molecule has 2 aliphatic carbocycles. The summed E-state index contributed by atoms with van der Waals surface area (Å²) in [6.45, 7) is 0. The Balaban J connectivity index is 1.66. The number of aromatic nitrogens is 2. The van der Waals surface area contributed by atoms with Gasteiger partial charge in [-0.3, -0.25) is 4.79 Å². The molecular weight excluding hydrogens is 222 g/mol. The van der Waals surface area contributed by atoms with Crippen LogP contribution in [0.5, 0.6) is 0 Å². The number of carbonyl (C=O) groups excluding carboxylic acids is 1. The second-order valence-corrected chi connectivity index (χ2v) is 4.54. The molecule has 2 fully saturated rings. The quantitative estimate of drug-likeness (QED) is 0.728. The van der Waals surface area contributed by atoms with Crippen molar-refractivity contribution in [3.05, 3.63) is 5.69 Å². The molecule has 1 aromatic heterocycles. The minimum absolute atomic E-state index is 0.0162. The third kappa shape index (κ3) is 1.88. The van der Waals surface area contributed by atoms with Gasteiger partial charge in [0.1, 0.15) is 0 Å². The number of carbonyl (C=O) groups is 1. The summed E-state index contributed by atoms with van der Waals surface area (Å²) in [5, 5.41) is 10.9. The van der Waals surface area contributed by atoms with Crippen LogP contribution in [0.2, 0.25) is 0 Å². The van der Waals surface area contributed by atoms with Crippen molar-refractivity contribution >= 4 is 17.4 Å². The molecule has 2 atom stereocenters. The number of hydrogen-bond donors (Lipinski definition) is 2. The largest absolute Gasteiger partial charge is 0.379 e. The van der Waals surface area contributed by atoms with E-state index in [-0.39, 0.29) is 11.5 Å². The van der Waals surface area contributed by atoms with E-state index in [9.17, 15) is 4.79 Å². The number of nitrogens with zero attached hydrogens (tertiary/aromatic N) is 3. The van der Waals surface area contributed by atoms with Gasteiger partial charge in [0.05, 0.1) is 0 Å². The van der Waals surface area contributed by atoms with Crippen LogP contribution in [0.3, 0.4) is 0 Å². The first-order chi connectivity index (χ1) is 8.25. The Labute approximate surface area is 97.4 Å². The maximum atomic E-state index is 11.6. The number of nitrogen functional groups attached to an aromatic ring is 1. The zero-order valence-electron chi connectivity index (χ0n) is 9.22. The van der Waals surface area contributed by atoms with Gasteiger partial charge in [-0.2, -0.15) is 5.10 Å². The molecule has 7 nitrogen and oxygen atoms in total. The molecule has 17 heavy (non-hydrogen) atoms. The molecule has 0 aromatic carbocycles. The predicted octanol–water partition coefficient (Wildman–Crippen LogP) is 0.558. The van der Waals surface area contributed by atoms with Crippen LogP contribution in [0.25, 0.3) is 0 Å². The third-order valence-corrected chi connectivity index (χ3v) is 3.39. The average Bonchev–Trinajstić information content (AvgIpc) is 3.01. The zero-order valence-corrected chi connectivity index (χ0v) is 9.22. The lowest BCUT2D eigenvalue weighted by atomic mass is 9.99. The highest BCUT2D eigenvalue weighted by atomic mass is 16.6. The van der Waals surface area contributed by atoms with E-state index in [0.717, 1.165) is 24.5 Å². The second kappa shape index (κ2) is 3.83. The van der Waals surface area contributed by atoms with Crippen LogP contribution < -0.4 is 11.2 Å². The standard InChI is InChI=1S/C10H13N5O2/c11-9-8(14-17-15-9)10(16)13-12-7-3-1-2-5-4-6(5)7/h5-6H,1-4H2,(H2,11,15)(H,13,16)/b12-7-/t5-,6+/m1/s1. The van der Waals surface area contributed by atoms with Gasteiger partial charge in [-0.15, -0.1) is 0 Å². The van der Waals surface area contributed by atoms with E-state index in [2.05, 4.69) is 25.5 Å². The Bertz CT molecular complexity index is 481. The van der Waals surface area contributed by atoms with Crippen LogP contribution in [-0.2, 0) is 0 Å². The maximum Gasteiger partial charge on any atom is 0.297 e. The molecule has 0 radical (unpaired) electrons. The lowest BCUT2D eigenvalue weighted by Crippen LogP contribution is -2.22. The highest BCUT2D eigenvalue weighted by Gasteiger charge is 2.43. The number of fused-ring (bicyclic) bond motifs is 1. The highest BCUT2D eigenvalue weighted by Crippen LogP contribution is 2.47. The van der Waals surface area contributed by atoms with Crippen LogP contribution in [-0.4, -0.2) is 21.9 Å². The summed E-state index contributed by atoms with van der Waals surface area (Å²) in [4.78, 5) is 11.6. The molecule has 1 amide bonds. The number of amides is 1. The van der Waals surface area contributed by atoms with Gasteiger partial charge in [-0.25, -0.2) is 10.1 Å². The lowest BCUT2D eigenvalue weighted by molar-refractivity contribution is 0.0945. The summed E-state index contributed by atoms with van der Waals surface area (Å²) in [6.07, 6.45) is 4.62. The molecule has 2 aliphatic rings. The molecule has 0 bridgehead atoms. The van der Waals surface area contributed by atoms with Crippen molar-refractivity contribution in [1.29, 1.82) is 0 Å². The Kier molecular flexibility index (Phi) is 2.31. The summed E-state index contributed by atoms with van der Waals surface area (Å²) < 4.78 is 4.35. The highest BCUT2D eigenvalue weighted by molar-refractivity contribution is 5.97. The van der Waals surface area contributed by atoms with E-state index in [1.54, 1.807) is 0 Å². The first kappa shape index (κ1) is 10.2. The van der Waals surface area contributed by atoms with Gasteiger partial charge in [-0.1, -0.05) is 0 Å². The van der Waals surface area contributed by atoms with Crippen molar-refractivity contribution < 1.29 is 9.42 Å². The van der Waals surface area contributed by atoms with Gasteiger partial charge in [0.2, 0.25) is 11.5 Å². The number of hydrogen-bond acceptors (Lipinski definition) is 6. The molecule has 0 spiro atoms. The Morgan fingerprint density at radius 2 is 2.41 bits per heavy atom. The SMILES string of the molecule is Nc1nonc1C(=O)N/N=C1/CCC[C@@H]2C[C@H]12. The fraction of sp³-hybridized carbons (Fsp3) is 0.600. The summed E-state index contributed by atoms with van der Waals surface area (Å²) in [5.74, 6) is 0.879. The minimum Gasteiger partial charge on any atom is -0.379 e. The lowest BCUT2D eigenvalue weighted by Gasteiger charge is -2.11. The number of hydrazone groups is 1. The molecule has 90 valence electrons. The normalized spacial score (nSPS) is 28.8. The Morgan fingerprint density at radius 1 is 1.53 bits per heavy atom. The van der Waals surface area contributed by atoms with Crippen LogP contribution in [0, 0.1) is 11.8 Å². The van der Waals surface area contributed by atoms with E-state index < -0.39 is 5.91 Å². The summed E-state index contributed by atoms with van der Waals surface area (Å²) in [5.41, 5.74) is 8.94. The van der Waals surface area contributed by atoms with Gasteiger partial charge in [0.25, 0.3) is 5.91 Å². The van der Waals surface area contributed by atoms with Crippen LogP contribution in [0.1, 0.15) is 36.2 Å². The average molecular weight is 235 g/mol. The predicted molar refractivity (Wildman–Crippen MR) is 59.1 cm³/mol. The molecule has 1 heterocycles. The smallest absolute Gasteiger partial charge is 0.297 e. The zero-order chi connectivity index (χ0) is 11.8. The number of nitrogens with two attached hydrogens (primary N) is 1. The minimum atomic E-state index is -0.473. The van der Waals surface area contributed by atoms with Crippen molar-refractivity contribution in [2.75, 3.05) is 5.73 Å². The molecule has 1 aromatic rings. The summed E-state index contributed by atoms with van der Waals surface area (Å²) >= 11 is 0. The van der Waals surface area contributed by atoms with Gasteiger partial charge >= 0.3 is 0 Å². The van der Waals surface area contributed by atoms with Crippen molar-refractivity contribution in [2.24, 2.45) is 16.9 Å². The molecule has 2 saturated carbocycles. The molecule has 3 rings (SSSR count). The van der Waals surface area contributed by atoms with Gasteiger partial charge in [0, 0.05) is 11.6 Å². The Hall–Kier alpha value is -1.92. The van der Waals surface area contributed by atoms with E-state index in [4.69, 9.17) is 5.73 Å². The van der Waals surface area contributed by atoms with Crippen molar-refractivity contribution in [3.63, 3.8) is 0 Å². The summed E-state index contributed by atoms with van der Waals surface area (Å²) in [7, 11) is 0. The number of anilines is 1. The maximum absolute atomic E-state index is 11.6. The first-order valence-corrected chi connectivity index (χ1v) is 5.70. The van der Waals surface area contributed by atoms with Crippen molar-refractivity contribution in [2.45, 2.75) is 25.7 Å². The Morgan fingerprint density at radius 3 is 3.18 bits per heavy atom. The first-order valence-electron chi connectivity index (χ1n) is 5.70. The van der Waals surface area contributed by atoms with E-state index in [1.165, 1.54) is 12.8 Å². The van der Waals surface area contributed by atoms with E-state index in [1.807, 2.05) is 0 Å². The number of nitrogens with one attached hydrogen (secondary N) is 1. The topological polar surface area (TPSA) is 106 Å². The molecular formula is C10H13N5O2. The molecule has 7 heteroatoms. The van der Waals surface area contributed by atoms with Crippen LogP contribution in [0.4, 0.5) is 5.82 Å². The van der Waals surface area contributed by atoms with Crippen molar-refractivity contribution in [3.8, 4) is 0 Å². The monoisotopic (exact) mass is 235 g/mol. The molecule has 0 aliphatic heterocycles. The van der Waals surface area contributed by atoms with Crippen molar-refractivity contribution in [1.82, 2.24) is 15.7 Å². The molecule has 3 N–H and O–H groups in total. The van der Waals surface area contributed by atoms with E-state index >= 15 is 0 Å². The molecule has 0 saturated heterocycles. The van der Waals surface area contributed by atoms with E-state index in [0.29, 0.717) is 5.92 Å². The number of rotatable bonds is 2. The van der Waals surface area contributed by atoms with Gasteiger partial charge in [-0.05, 0) is 41.9 Å². The second-order valence-electron chi connectivity index (χ2n) is 4.54. The van der Waals surface area contributed by atoms with Crippen LogP contribution in [0.15, 0.2) is 9.73 Å². The fourth-order valence-electron chi connectivity index (χ4n) is 2.37. The molecule has 0 unspecified atom stereocenters. The van der Waals surface area contributed by atoms with Gasteiger partial charge in [0.15, 0.2) is 0 Å². The summed E-state index contributed by atoms with van der Waals surface area (Å²) in [6, 6.07) is 0.